The van der Waals surface area contributed by atoms with Crippen LogP contribution in [0.1, 0.15) is 6.92 Å². The summed E-state index contributed by atoms with van der Waals surface area (Å²) in [6.45, 7) is 4.26. The average Bonchev–Trinajstić information content (AvgIpc) is 2.05. The van der Waals surface area contributed by atoms with E-state index in [0.29, 0.717) is 26.3 Å². The summed E-state index contributed by atoms with van der Waals surface area (Å²) >= 11 is 0. The van der Waals surface area contributed by atoms with E-state index in [9.17, 15) is 9.90 Å². The van der Waals surface area contributed by atoms with E-state index in [-0.39, 0.29) is 29.6 Å². The summed E-state index contributed by atoms with van der Waals surface area (Å²) in [4.78, 5) is 12.3. The van der Waals surface area contributed by atoms with Gasteiger partial charge in [0.25, 0.3) is 0 Å². The van der Waals surface area contributed by atoms with Crippen molar-refractivity contribution in [1.29, 1.82) is 0 Å². The van der Waals surface area contributed by atoms with E-state index >= 15 is 0 Å². The Kier molecular flexibility index (Phi) is 6.13. The molecular weight excluding hydrogens is 169 g/mol. The molecule has 0 amide bonds. The topological polar surface area (TPSA) is 52.6 Å². The number of hydrogen-bond acceptors (Lipinski definition) is 4. The molecule has 12 heavy (non-hydrogen) atoms. The molecule has 1 heterocycles. The van der Waals surface area contributed by atoms with Crippen LogP contribution in [-0.2, 0) is 9.53 Å². The van der Waals surface area contributed by atoms with Crippen molar-refractivity contribution < 1.29 is 44.2 Å². The van der Waals surface area contributed by atoms with Gasteiger partial charge < -0.3 is 14.6 Å². The molecule has 0 aliphatic carbocycles. The van der Waals surface area contributed by atoms with E-state index in [1.54, 1.807) is 6.92 Å². The van der Waals surface area contributed by atoms with Gasteiger partial charge in [0, 0.05) is 19.1 Å². The number of rotatable bonds is 2. The van der Waals surface area contributed by atoms with Gasteiger partial charge in [-0.1, -0.05) is 0 Å². The fourth-order valence-corrected chi connectivity index (χ4v) is 1.11. The Bertz CT molecular complexity index is 148. The molecule has 1 atom stereocenters. The summed E-state index contributed by atoms with van der Waals surface area (Å²) in [6.07, 6.45) is 0. The Morgan fingerprint density at radius 1 is 1.50 bits per heavy atom. The summed E-state index contributed by atoms with van der Waals surface area (Å²) < 4.78 is 5.07. The van der Waals surface area contributed by atoms with Crippen molar-refractivity contribution in [2.45, 2.75) is 13.0 Å². The minimum Gasteiger partial charge on any atom is -0.548 e. The van der Waals surface area contributed by atoms with E-state index in [1.165, 1.54) is 0 Å². The van der Waals surface area contributed by atoms with Gasteiger partial charge in [-0.15, -0.1) is 0 Å². The molecule has 0 aromatic carbocycles. The first-order valence-corrected chi connectivity index (χ1v) is 3.74. The van der Waals surface area contributed by atoms with Gasteiger partial charge in [0.1, 0.15) is 0 Å². The standard InChI is InChI=1S/C7H13NO3.Na/c1-6(7(9)10)8-2-4-11-5-3-8;/h6H,2-5H2,1H3,(H,9,10);/q;+1/p-1. The van der Waals surface area contributed by atoms with Crippen LogP contribution < -0.4 is 34.7 Å². The van der Waals surface area contributed by atoms with Crippen molar-refractivity contribution in [3.05, 3.63) is 0 Å². The van der Waals surface area contributed by atoms with Crippen LogP contribution in [0, 0.1) is 0 Å². The Morgan fingerprint density at radius 3 is 2.42 bits per heavy atom. The third-order valence-corrected chi connectivity index (χ3v) is 1.93. The minimum absolute atomic E-state index is 0. The van der Waals surface area contributed by atoms with Crippen molar-refractivity contribution in [3.8, 4) is 0 Å². The van der Waals surface area contributed by atoms with Crippen LogP contribution in [0.3, 0.4) is 0 Å². The molecule has 0 bridgehead atoms. The monoisotopic (exact) mass is 181 g/mol. The second-order valence-corrected chi connectivity index (χ2v) is 2.64. The Hall–Kier alpha value is 0.390. The van der Waals surface area contributed by atoms with Crippen molar-refractivity contribution in [2.24, 2.45) is 0 Å². The number of carbonyl (C=O) groups is 1. The fourth-order valence-electron chi connectivity index (χ4n) is 1.11. The molecular formula is C7H12NNaO3. The normalized spacial score (nSPS) is 21.1. The maximum Gasteiger partial charge on any atom is 1.00 e. The summed E-state index contributed by atoms with van der Waals surface area (Å²) in [5, 5.41) is 10.4. The molecule has 4 nitrogen and oxygen atoms in total. The number of aliphatic carboxylic acids is 1. The molecule has 1 fully saturated rings. The molecule has 1 rings (SSSR count). The van der Waals surface area contributed by atoms with Gasteiger partial charge in [-0.3, -0.25) is 4.90 Å². The first-order valence-electron chi connectivity index (χ1n) is 3.74. The third kappa shape index (κ3) is 3.41. The second kappa shape index (κ2) is 5.94. The van der Waals surface area contributed by atoms with Crippen molar-refractivity contribution in [2.75, 3.05) is 26.3 Å². The number of ether oxygens (including phenoxy) is 1. The van der Waals surface area contributed by atoms with Crippen molar-refractivity contribution >= 4 is 5.97 Å². The van der Waals surface area contributed by atoms with Crippen molar-refractivity contribution in [3.63, 3.8) is 0 Å². The molecule has 0 N–H and O–H groups in total. The van der Waals surface area contributed by atoms with Gasteiger partial charge in [0.2, 0.25) is 0 Å². The van der Waals surface area contributed by atoms with Crippen LogP contribution in [-0.4, -0.2) is 43.2 Å². The van der Waals surface area contributed by atoms with Gasteiger partial charge in [-0.2, -0.15) is 0 Å². The molecule has 5 heteroatoms. The number of morpholine rings is 1. The molecule has 0 radical (unpaired) electrons. The van der Waals surface area contributed by atoms with Crippen LogP contribution in [0.15, 0.2) is 0 Å². The maximum absolute atomic E-state index is 10.4. The Balaban J connectivity index is 0.00000121. The van der Waals surface area contributed by atoms with Gasteiger partial charge in [0.15, 0.2) is 0 Å². The molecule has 1 aliphatic heterocycles. The Morgan fingerprint density at radius 2 is 2.00 bits per heavy atom. The van der Waals surface area contributed by atoms with Crippen LogP contribution in [0.2, 0.25) is 0 Å². The van der Waals surface area contributed by atoms with Gasteiger partial charge in [-0.25, -0.2) is 0 Å². The molecule has 0 aromatic rings. The molecule has 0 aromatic heterocycles. The quantitative estimate of drug-likeness (QED) is 0.403. The van der Waals surface area contributed by atoms with Crippen LogP contribution in [0.25, 0.3) is 0 Å². The molecule has 1 aliphatic rings. The molecule has 1 unspecified atom stereocenters. The molecule has 0 saturated carbocycles. The van der Waals surface area contributed by atoms with Gasteiger partial charge >= 0.3 is 29.6 Å². The zero-order valence-electron chi connectivity index (χ0n) is 7.58. The molecule has 1 saturated heterocycles. The summed E-state index contributed by atoms with van der Waals surface area (Å²) in [6, 6.07) is -0.487. The van der Waals surface area contributed by atoms with Crippen LogP contribution >= 0.6 is 0 Å². The predicted molar refractivity (Wildman–Crippen MR) is 36.9 cm³/mol. The number of carbonyl (C=O) groups excluding carboxylic acids is 1. The number of carboxylic acid groups (broad SMARTS) is 1. The molecule has 0 spiro atoms. The second-order valence-electron chi connectivity index (χ2n) is 2.64. The average molecular weight is 181 g/mol. The summed E-state index contributed by atoms with van der Waals surface area (Å²) in [5.74, 6) is -1.01. The molecule has 64 valence electrons. The van der Waals surface area contributed by atoms with Crippen LogP contribution in [0.5, 0.6) is 0 Å². The van der Waals surface area contributed by atoms with Gasteiger partial charge in [-0.05, 0) is 6.92 Å². The minimum atomic E-state index is -1.01. The predicted octanol–water partition coefficient (Wildman–Crippen LogP) is -4.54. The first-order chi connectivity index (χ1) is 5.22. The maximum atomic E-state index is 10.4. The van der Waals surface area contributed by atoms with E-state index in [0.717, 1.165) is 0 Å². The summed E-state index contributed by atoms with van der Waals surface area (Å²) in [5.41, 5.74) is 0. The SMILES string of the molecule is CC(C(=O)[O-])N1CCOCC1.[Na+]. The number of carboxylic acids is 1. The van der Waals surface area contributed by atoms with E-state index in [4.69, 9.17) is 4.74 Å². The van der Waals surface area contributed by atoms with E-state index in [2.05, 4.69) is 0 Å². The summed E-state index contributed by atoms with van der Waals surface area (Å²) in [7, 11) is 0. The zero-order chi connectivity index (χ0) is 8.27. The number of nitrogens with zero attached hydrogens (tertiary/aromatic N) is 1. The van der Waals surface area contributed by atoms with Gasteiger partial charge in [0.05, 0.1) is 19.2 Å². The Labute approximate surface area is 94.2 Å². The smallest absolute Gasteiger partial charge is 0.548 e. The largest absolute Gasteiger partial charge is 1.00 e. The van der Waals surface area contributed by atoms with E-state index < -0.39 is 12.0 Å². The fraction of sp³-hybridized carbons (Fsp3) is 0.857. The zero-order valence-corrected chi connectivity index (χ0v) is 9.58. The first kappa shape index (κ1) is 12.4. The number of hydrogen-bond donors (Lipinski definition) is 0. The third-order valence-electron chi connectivity index (χ3n) is 1.93. The van der Waals surface area contributed by atoms with Crippen molar-refractivity contribution in [1.82, 2.24) is 4.90 Å². The van der Waals surface area contributed by atoms with Crippen LogP contribution in [0.4, 0.5) is 0 Å². The van der Waals surface area contributed by atoms with E-state index in [1.807, 2.05) is 4.90 Å².